The maximum absolute atomic E-state index is 10.6. The van der Waals surface area contributed by atoms with Gasteiger partial charge < -0.3 is 10.4 Å². The maximum atomic E-state index is 10.6. The molecule has 1 unspecified atom stereocenters. The molecule has 1 atom stereocenters. The van der Waals surface area contributed by atoms with E-state index in [2.05, 4.69) is 36.3 Å². The van der Waals surface area contributed by atoms with E-state index in [0.717, 1.165) is 26.8 Å². The SMILES string of the molecule is Cn1cc(C(C)(O)CNc2ccnc3cc(Br)cnc23)cn1. The smallest absolute Gasteiger partial charge is 0.112 e. The molecule has 3 rings (SSSR count). The lowest BCUT2D eigenvalue weighted by Crippen LogP contribution is -2.30. The number of aromatic nitrogens is 4. The summed E-state index contributed by atoms with van der Waals surface area (Å²) in [5, 5.41) is 18.0. The number of fused-ring (bicyclic) bond motifs is 1. The first-order valence-electron chi connectivity index (χ1n) is 6.81. The van der Waals surface area contributed by atoms with Crippen LogP contribution in [-0.2, 0) is 12.6 Å². The molecule has 3 heterocycles. The van der Waals surface area contributed by atoms with Crippen molar-refractivity contribution in [1.29, 1.82) is 0 Å². The minimum absolute atomic E-state index is 0.343. The highest BCUT2D eigenvalue weighted by Crippen LogP contribution is 2.25. The number of aliphatic hydroxyl groups is 1. The van der Waals surface area contributed by atoms with E-state index >= 15 is 0 Å². The van der Waals surface area contributed by atoms with Gasteiger partial charge in [-0.15, -0.1) is 0 Å². The molecule has 0 aromatic carbocycles. The molecule has 0 fully saturated rings. The molecule has 0 saturated heterocycles. The monoisotopic (exact) mass is 361 g/mol. The summed E-state index contributed by atoms with van der Waals surface area (Å²) in [5.74, 6) is 0. The number of pyridine rings is 2. The first-order valence-corrected chi connectivity index (χ1v) is 7.61. The molecule has 2 N–H and O–H groups in total. The van der Waals surface area contributed by atoms with Gasteiger partial charge in [-0.05, 0) is 35.0 Å². The van der Waals surface area contributed by atoms with Crippen LogP contribution in [0.4, 0.5) is 5.69 Å². The lowest BCUT2D eigenvalue weighted by Gasteiger charge is -2.23. The molecule has 0 spiro atoms. The lowest BCUT2D eigenvalue weighted by molar-refractivity contribution is 0.0715. The van der Waals surface area contributed by atoms with Crippen LogP contribution in [-0.4, -0.2) is 31.4 Å². The van der Waals surface area contributed by atoms with E-state index in [1.54, 1.807) is 30.2 Å². The molecule has 3 aromatic heterocycles. The minimum Gasteiger partial charge on any atom is -0.383 e. The summed E-state index contributed by atoms with van der Waals surface area (Å²) in [6, 6.07) is 3.76. The van der Waals surface area contributed by atoms with Crippen molar-refractivity contribution in [3.8, 4) is 0 Å². The second-order valence-electron chi connectivity index (χ2n) is 5.41. The first-order chi connectivity index (χ1) is 10.5. The zero-order chi connectivity index (χ0) is 15.7. The predicted molar refractivity (Wildman–Crippen MR) is 88.5 cm³/mol. The van der Waals surface area contributed by atoms with Gasteiger partial charge in [0.2, 0.25) is 0 Å². The third kappa shape index (κ3) is 2.95. The van der Waals surface area contributed by atoms with Crippen LogP contribution in [0.1, 0.15) is 12.5 Å². The van der Waals surface area contributed by atoms with Crippen LogP contribution in [0.15, 0.2) is 41.4 Å². The number of nitrogens with zero attached hydrogens (tertiary/aromatic N) is 4. The number of anilines is 1. The topological polar surface area (TPSA) is 75.9 Å². The van der Waals surface area contributed by atoms with Gasteiger partial charge in [0.05, 0.1) is 17.4 Å². The summed E-state index contributed by atoms with van der Waals surface area (Å²) in [7, 11) is 1.82. The van der Waals surface area contributed by atoms with Crippen molar-refractivity contribution in [2.75, 3.05) is 11.9 Å². The Hall–Kier alpha value is -1.99. The third-order valence-corrected chi connectivity index (χ3v) is 3.93. The molecule has 7 heteroatoms. The Kier molecular flexibility index (Phi) is 3.84. The molecular formula is C15H16BrN5O. The fraction of sp³-hybridized carbons (Fsp3) is 0.267. The first kappa shape index (κ1) is 14.9. The van der Waals surface area contributed by atoms with Crippen molar-refractivity contribution in [3.63, 3.8) is 0 Å². The van der Waals surface area contributed by atoms with Crippen molar-refractivity contribution in [3.05, 3.63) is 47.0 Å². The van der Waals surface area contributed by atoms with Gasteiger partial charge in [-0.25, -0.2) is 0 Å². The van der Waals surface area contributed by atoms with Crippen LogP contribution in [0.2, 0.25) is 0 Å². The fourth-order valence-corrected chi connectivity index (χ4v) is 2.54. The van der Waals surface area contributed by atoms with E-state index in [9.17, 15) is 5.11 Å². The van der Waals surface area contributed by atoms with Gasteiger partial charge >= 0.3 is 0 Å². The van der Waals surface area contributed by atoms with Gasteiger partial charge in [-0.3, -0.25) is 14.6 Å². The van der Waals surface area contributed by atoms with Gasteiger partial charge in [-0.1, -0.05) is 0 Å². The van der Waals surface area contributed by atoms with Gasteiger partial charge in [0.1, 0.15) is 11.1 Å². The average molecular weight is 362 g/mol. The van der Waals surface area contributed by atoms with Gasteiger partial charge in [0, 0.05) is 42.2 Å². The Balaban J connectivity index is 1.85. The highest BCUT2D eigenvalue weighted by Gasteiger charge is 2.24. The van der Waals surface area contributed by atoms with Crippen LogP contribution < -0.4 is 5.32 Å². The van der Waals surface area contributed by atoms with E-state index < -0.39 is 5.60 Å². The Morgan fingerprint density at radius 1 is 1.36 bits per heavy atom. The largest absolute Gasteiger partial charge is 0.383 e. The van der Waals surface area contributed by atoms with Crippen molar-refractivity contribution in [2.45, 2.75) is 12.5 Å². The highest BCUT2D eigenvalue weighted by atomic mass is 79.9. The van der Waals surface area contributed by atoms with E-state index in [1.165, 1.54) is 0 Å². The second-order valence-corrected chi connectivity index (χ2v) is 6.33. The van der Waals surface area contributed by atoms with E-state index in [1.807, 2.05) is 25.4 Å². The molecule has 114 valence electrons. The summed E-state index contributed by atoms with van der Waals surface area (Å²) in [6.07, 6.45) is 6.93. The van der Waals surface area contributed by atoms with Crippen molar-refractivity contribution in [1.82, 2.24) is 19.7 Å². The van der Waals surface area contributed by atoms with Gasteiger partial charge in [0.15, 0.2) is 0 Å². The number of rotatable bonds is 4. The molecular weight excluding hydrogens is 346 g/mol. The van der Waals surface area contributed by atoms with E-state index in [4.69, 9.17) is 0 Å². The molecule has 0 amide bonds. The third-order valence-electron chi connectivity index (χ3n) is 3.49. The normalized spacial score (nSPS) is 14.0. The second kappa shape index (κ2) is 5.66. The lowest BCUT2D eigenvalue weighted by atomic mass is 9.99. The van der Waals surface area contributed by atoms with Crippen molar-refractivity contribution < 1.29 is 5.11 Å². The summed E-state index contributed by atoms with van der Waals surface area (Å²) in [5.41, 5.74) is 2.13. The minimum atomic E-state index is -1.03. The van der Waals surface area contributed by atoms with Gasteiger partial charge in [-0.2, -0.15) is 5.10 Å². The van der Waals surface area contributed by atoms with Crippen molar-refractivity contribution in [2.24, 2.45) is 7.05 Å². The van der Waals surface area contributed by atoms with Crippen LogP contribution in [0.3, 0.4) is 0 Å². The average Bonchev–Trinajstić information content (AvgIpc) is 2.92. The summed E-state index contributed by atoms with van der Waals surface area (Å²) in [6.45, 7) is 2.10. The molecule has 22 heavy (non-hydrogen) atoms. The van der Waals surface area contributed by atoms with Crippen LogP contribution in [0.5, 0.6) is 0 Å². The predicted octanol–water partition coefficient (Wildman–Crippen LogP) is 2.45. The molecule has 0 saturated carbocycles. The molecule has 0 aliphatic carbocycles. The highest BCUT2D eigenvalue weighted by molar-refractivity contribution is 9.10. The molecule has 0 radical (unpaired) electrons. The zero-order valence-electron chi connectivity index (χ0n) is 12.3. The van der Waals surface area contributed by atoms with E-state index in [0.29, 0.717) is 6.54 Å². The van der Waals surface area contributed by atoms with E-state index in [-0.39, 0.29) is 0 Å². The molecule has 0 aliphatic heterocycles. The van der Waals surface area contributed by atoms with Crippen molar-refractivity contribution >= 4 is 32.7 Å². The molecule has 0 aliphatic rings. The van der Waals surface area contributed by atoms with Gasteiger partial charge in [0.25, 0.3) is 0 Å². The Bertz CT molecular complexity index is 815. The fourth-order valence-electron chi connectivity index (χ4n) is 2.22. The molecule has 0 bridgehead atoms. The number of nitrogens with one attached hydrogen (secondary N) is 1. The van der Waals surface area contributed by atoms with Crippen LogP contribution in [0, 0.1) is 0 Å². The standard InChI is InChI=1S/C15H16BrN5O/c1-15(22,10-6-20-21(2)8-10)9-19-12-3-4-17-13-5-11(16)7-18-14(12)13/h3-8,22H,9H2,1-2H3,(H,17,19). The molecule has 6 nitrogen and oxygen atoms in total. The summed E-state index contributed by atoms with van der Waals surface area (Å²) >= 11 is 3.39. The number of halogens is 1. The zero-order valence-corrected chi connectivity index (χ0v) is 13.9. The summed E-state index contributed by atoms with van der Waals surface area (Å²) < 4.78 is 2.55. The maximum Gasteiger partial charge on any atom is 0.112 e. The molecule has 3 aromatic rings. The summed E-state index contributed by atoms with van der Waals surface area (Å²) in [4.78, 5) is 8.69. The Morgan fingerprint density at radius 2 is 2.18 bits per heavy atom. The Morgan fingerprint density at radius 3 is 2.91 bits per heavy atom. The number of hydrogen-bond donors (Lipinski definition) is 2. The number of aryl methyl sites for hydroxylation is 1. The number of hydrogen-bond acceptors (Lipinski definition) is 5. The Labute approximate surface area is 136 Å². The van der Waals surface area contributed by atoms with Crippen LogP contribution in [0.25, 0.3) is 11.0 Å². The quantitative estimate of drug-likeness (QED) is 0.746. The van der Waals surface area contributed by atoms with Crippen LogP contribution >= 0.6 is 15.9 Å².